The molecule has 1 aromatic carbocycles. The maximum absolute atomic E-state index is 12.5. The van der Waals surface area contributed by atoms with E-state index in [-0.39, 0.29) is 17.3 Å². The van der Waals surface area contributed by atoms with Crippen LogP contribution in [0.2, 0.25) is 0 Å². The van der Waals surface area contributed by atoms with E-state index >= 15 is 0 Å². The summed E-state index contributed by atoms with van der Waals surface area (Å²) in [4.78, 5) is 0.0962. The topological polar surface area (TPSA) is 49.4 Å². The Morgan fingerprint density at radius 1 is 1.12 bits per heavy atom. The largest absolute Gasteiger partial charge is 0.323 e. The van der Waals surface area contributed by atoms with Crippen LogP contribution in [0.15, 0.2) is 29.2 Å². The molecule has 0 aliphatic carbocycles. The van der Waals surface area contributed by atoms with Gasteiger partial charge in [-0.2, -0.15) is 0 Å². The summed E-state index contributed by atoms with van der Waals surface area (Å²) in [5.74, 6) is -0.447. The van der Waals surface area contributed by atoms with E-state index in [1.807, 2.05) is 14.1 Å². The molecule has 1 aromatic rings. The first-order chi connectivity index (χ1) is 7.36. The molecule has 7 heteroatoms. The lowest BCUT2D eigenvalue weighted by atomic mass is 10.4. The summed E-state index contributed by atoms with van der Waals surface area (Å²) in [5, 5.41) is 2.75. The molecular weight excluding hydrogens is 267 g/mol. The highest BCUT2D eigenvalue weighted by Gasteiger charge is 2.16. The van der Waals surface area contributed by atoms with Gasteiger partial charge in [-0.3, -0.25) is 0 Å². The van der Waals surface area contributed by atoms with E-state index in [2.05, 4.69) is 5.32 Å². The zero-order chi connectivity index (χ0) is 12.8. The second-order valence-corrected chi connectivity index (χ2v) is 5.39. The Labute approximate surface area is 108 Å². The Bertz CT molecular complexity index is 407. The van der Waals surface area contributed by atoms with Crippen molar-refractivity contribution in [2.24, 2.45) is 0 Å². The van der Waals surface area contributed by atoms with E-state index in [0.29, 0.717) is 0 Å². The van der Waals surface area contributed by atoms with E-state index in [1.54, 1.807) is 0 Å². The first-order valence-corrected chi connectivity index (χ1v) is 6.06. The molecule has 0 heterocycles. The Balaban J connectivity index is 0. The molecule has 0 bridgehead atoms. The van der Waals surface area contributed by atoms with Gasteiger partial charge in [0.2, 0.25) is 10.0 Å². The van der Waals surface area contributed by atoms with Crippen molar-refractivity contribution in [3.8, 4) is 0 Å². The van der Waals surface area contributed by atoms with E-state index in [9.17, 15) is 12.8 Å². The minimum Gasteiger partial charge on any atom is -0.323 e. The van der Waals surface area contributed by atoms with Gasteiger partial charge in [0.25, 0.3) is 0 Å². The summed E-state index contributed by atoms with van der Waals surface area (Å²) in [7, 11) is 3.18. The average molecular weight is 285 g/mol. The summed E-state index contributed by atoms with van der Waals surface area (Å²) < 4.78 is 36.4. The quantitative estimate of drug-likeness (QED) is 0.891. The minimum absolute atomic E-state index is 0. The van der Waals surface area contributed by atoms with Crippen molar-refractivity contribution < 1.29 is 12.8 Å². The number of sulfonamides is 1. The number of nitrogens with one attached hydrogen (secondary N) is 1. The molecule has 100 valence electrons. The third-order valence-corrected chi connectivity index (χ3v) is 3.42. The lowest BCUT2D eigenvalue weighted by Gasteiger charge is -2.10. The van der Waals surface area contributed by atoms with Gasteiger partial charge < -0.3 is 5.32 Å². The summed E-state index contributed by atoms with van der Waals surface area (Å²) >= 11 is 0. The number of nitrogens with zero attached hydrogens (tertiary/aromatic N) is 1. The van der Waals surface area contributed by atoms with Crippen molar-refractivity contribution in [2.45, 2.75) is 4.90 Å². The van der Waals surface area contributed by atoms with Gasteiger partial charge in [-0.25, -0.2) is 17.1 Å². The summed E-state index contributed by atoms with van der Waals surface area (Å²) in [5.41, 5.74) is 0. The van der Waals surface area contributed by atoms with Crippen molar-refractivity contribution in [1.29, 1.82) is 0 Å². The molecule has 0 radical (unpaired) electrons. The van der Waals surface area contributed by atoms with Gasteiger partial charge in [-0.05, 0) is 38.4 Å². The van der Waals surface area contributed by atoms with Gasteiger partial charge in [-0.1, -0.05) is 0 Å². The molecule has 0 aliphatic rings. The maximum Gasteiger partial charge on any atom is 0.242 e. The number of hydrogen-bond donors (Lipinski definition) is 1. The van der Waals surface area contributed by atoms with Gasteiger partial charge in [0, 0.05) is 14.1 Å². The fraction of sp³-hybridized carbons (Fsp3) is 0.400. The lowest BCUT2D eigenvalue weighted by molar-refractivity contribution is 0.520. The molecule has 17 heavy (non-hydrogen) atoms. The molecule has 0 atom stereocenters. The first-order valence-electron chi connectivity index (χ1n) is 4.62. The third-order valence-electron chi connectivity index (χ3n) is 1.59. The molecule has 4 nitrogen and oxygen atoms in total. The zero-order valence-electron chi connectivity index (χ0n) is 10.3. The number of hydrogen-bond acceptors (Lipinski definition) is 3. The van der Waals surface area contributed by atoms with Crippen LogP contribution in [0.1, 0.15) is 0 Å². The molecule has 1 rings (SSSR count). The van der Waals surface area contributed by atoms with Crippen LogP contribution in [0.3, 0.4) is 0 Å². The molecule has 0 amide bonds. The second kappa shape index (κ2) is 8.41. The maximum atomic E-state index is 12.5. The minimum atomic E-state index is -3.43. The van der Waals surface area contributed by atoms with Crippen molar-refractivity contribution in [3.63, 3.8) is 0 Å². The average Bonchev–Trinajstić information content (AvgIpc) is 2.19. The Morgan fingerprint density at radius 3 is 1.76 bits per heavy atom. The van der Waals surface area contributed by atoms with Crippen LogP contribution in [0.25, 0.3) is 0 Å². The summed E-state index contributed by atoms with van der Waals surface area (Å²) in [6.07, 6.45) is 0. The van der Waals surface area contributed by atoms with E-state index < -0.39 is 15.8 Å². The molecule has 0 aliphatic heterocycles. The number of benzene rings is 1. The molecule has 1 N–H and O–H groups in total. The van der Waals surface area contributed by atoms with Gasteiger partial charge in [0.05, 0.1) is 4.90 Å². The molecule has 0 saturated heterocycles. The zero-order valence-corrected chi connectivity index (χ0v) is 11.9. The standard InChI is InChI=1S/C8H10FNO2S.C2H7N.ClH/c1-10(2)13(11,12)8-5-3-7(9)4-6-8;1-3-2;/h3-6H,1-2H3;3H,1-2H3;1H. The molecule has 0 fully saturated rings. The molecule has 0 spiro atoms. The van der Waals surface area contributed by atoms with E-state index in [4.69, 9.17) is 0 Å². The lowest BCUT2D eigenvalue weighted by Crippen LogP contribution is -2.22. The van der Waals surface area contributed by atoms with Crippen LogP contribution in [-0.4, -0.2) is 40.9 Å². The summed E-state index contributed by atoms with van der Waals surface area (Å²) in [6.45, 7) is 0. The highest BCUT2D eigenvalue weighted by atomic mass is 35.5. The fourth-order valence-corrected chi connectivity index (χ4v) is 1.72. The Morgan fingerprint density at radius 2 is 1.47 bits per heavy atom. The number of rotatable bonds is 2. The first kappa shape index (κ1) is 18.7. The Hall–Kier alpha value is -0.690. The van der Waals surface area contributed by atoms with Crippen LogP contribution < -0.4 is 5.32 Å². The van der Waals surface area contributed by atoms with Crippen molar-refractivity contribution in [1.82, 2.24) is 9.62 Å². The highest BCUT2D eigenvalue weighted by Crippen LogP contribution is 2.12. The van der Waals surface area contributed by atoms with Crippen molar-refractivity contribution in [2.75, 3.05) is 28.2 Å². The van der Waals surface area contributed by atoms with Crippen LogP contribution >= 0.6 is 12.4 Å². The highest BCUT2D eigenvalue weighted by molar-refractivity contribution is 7.89. The molecule has 0 aromatic heterocycles. The normalized spacial score (nSPS) is 10.2. The molecule has 0 saturated carbocycles. The van der Waals surface area contributed by atoms with Crippen LogP contribution in [0.4, 0.5) is 4.39 Å². The van der Waals surface area contributed by atoms with Crippen LogP contribution in [-0.2, 0) is 10.0 Å². The van der Waals surface area contributed by atoms with Crippen molar-refractivity contribution >= 4 is 22.4 Å². The smallest absolute Gasteiger partial charge is 0.242 e. The predicted molar refractivity (Wildman–Crippen MR) is 69.5 cm³/mol. The van der Waals surface area contributed by atoms with E-state index in [0.717, 1.165) is 16.4 Å². The second-order valence-electron chi connectivity index (χ2n) is 3.24. The number of halogens is 2. The van der Waals surface area contributed by atoms with Crippen LogP contribution in [0, 0.1) is 5.82 Å². The van der Waals surface area contributed by atoms with Gasteiger partial charge in [0.15, 0.2) is 0 Å². The van der Waals surface area contributed by atoms with Crippen LogP contribution in [0.5, 0.6) is 0 Å². The summed E-state index contributed by atoms with van der Waals surface area (Å²) in [6, 6.07) is 4.72. The van der Waals surface area contributed by atoms with Gasteiger partial charge in [0.1, 0.15) is 5.82 Å². The SMILES string of the molecule is CN(C)S(=O)(=O)c1ccc(F)cc1.CNC.Cl. The Kier molecular flexibility index (Phi) is 9.23. The monoisotopic (exact) mass is 284 g/mol. The third kappa shape index (κ3) is 5.97. The van der Waals surface area contributed by atoms with E-state index in [1.165, 1.54) is 26.2 Å². The van der Waals surface area contributed by atoms with Gasteiger partial charge in [-0.15, -0.1) is 12.4 Å². The fourth-order valence-electron chi connectivity index (χ4n) is 0.817. The molecule has 0 unspecified atom stereocenters. The van der Waals surface area contributed by atoms with Gasteiger partial charge >= 0.3 is 0 Å². The predicted octanol–water partition coefficient (Wildman–Crippen LogP) is 1.33. The van der Waals surface area contributed by atoms with Crippen molar-refractivity contribution in [3.05, 3.63) is 30.1 Å². The molecular formula is C10H18ClFN2O2S.